The van der Waals surface area contributed by atoms with E-state index < -0.39 is 27.0 Å². The minimum atomic E-state index is -4.26. The summed E-state index contributed by atoms with van der Waals surface area (Å²) in [6.07, 6.45) is 0. The molecule has 2 aromatic carbocycles. The minimum Gasteiger partial charge on any atom is -0.496 e. The first-order chi connectivity index (χ1) is 15.6. The summed E-state index contributed by atoms with van der Waals surface area (Å²) < 4.78 is 32.1. The summed E-state index contributed by atoms with van der Waals surface area (Å²) in [5.41, 5.74) is 0.966. The summed E-state index contributed by atoms with van der Waals surface area (Å²) in [6, 6.07) is 12.4. The largest absolute Gasteiger partial charge is 0.496 e. The van der Waals surface area contributed by atoms with Gasteiger partial charge in [0, 0.05) is 33.1 Å². The van der Waals surface area contributed by atoms with Gasteiger partial charge in [-0.1, -0.05) is 29.8 Å². The number of carbonyl (C=O) groups excluding carboxylic acids is 3. The molecular weight excluding hydrogens is 446 g/mol. The van der Waals surface area contributed by atoms with Crippen LogP contribution in [0.25, 0.3) is 0 Å². The molecule has 3 amide bonds. The van der Waals surface area contributed by atoms with Gasteiger partial charge in [-0.15, -0.1) is 0 Å². The van der Waals surface area contributed by atoms with Crippen molar-refractivity contribution in [2.45, 2.75) is 24.1 Å². The Balaban J connectivity index is 1.94. The number of nitrogens with zero attached hydrogens (tertiary/aromatic N) is 2. The summed E-state index contributed by atoms with van der Waals surface area (Å²) in [6.45, 7) is 4.18. The number of aryl methyl sites for hydroxylation is 1. The maximum absolute atomic E-state index is 13.5. The lowest BCUT2D eigenvalue weighted by Gasteiger charge is -2.36. The van der Waals surface area contributed by atoms with Gasteiger partial charge in [0.1, 0.15) is 5.75 Å². The number of rotatable bonds is 6. The van der Waals surface area contributed by atoms with E-state index in [0.717, 1.165) is 5.56 Å². The molecule has 176 valence electrons. The topological polar surface area (TPSA) is 113 Å². The second-order valence-electron chi connectivity index (χ2n) is 7.74. The Morgan fingerprint density at radius 1 is 0.939 bits per heavy atom. The zero-order chi connectivity index (χ0) is 24.2. The maximum Gasteiger partial charge on any atom is 0.261 e. The quantitative estimate of drug-likeness (QED) is 0.675. The molecule has 0 spiro atoms. The highest BCUT2D eigenvalue weighted by atomic mass is 32.2. The lowest BCUT2D eigenvalue weighted by atomic mass is 10.2. The number of amides is 3. The van der Waals surface area contributed by atoms with Gasteiger partial charge in [-0.3, -0.25) is 14.4 Å². The van der Waals surface area contributed by atoms with Crippen molar-refractivity contribution < 1.29 is 27.5 Å². The van der Waals surface area contributed by atoms with Crippen LogP contribution >= 0.6 is 0 Å². The van der Waals surface area contributed by atoms with Crippen molar-refractivity contribution in [3.05, 3.63) is 59.7 Å². The Labute approximate surface area is 193 Å². The molecule has 1 heterocycles. The second kappa shape index (κ2) is 10.0. The van der Waals surface area contributed by atoms with Crippen LogP contribution < -0.4 is 10.1 Å². The first kappa shape index (κ1) is 24.2. The van der Waals surface area contributed by atoms with Crippen molar-refractivity contribution in [1.29, 1.82) is 0 Å². The SMILES string of the molecule is COc1ccccc1C(=O)N[C@H](C(=O)N1CCN(C(C)=O)CC1)S(=O)(=O)c1ccc(C)cc1. The number of methoxy groups -OCH3 is 1. The number of benzene rings is 2. The summed E-state index contributed by atoms with van der Waals surface area (Å²) in [5.74, 6) is -1.36. The van der Waals surface area contributed by atoms with Gasteiger partial charge in [-0.2, -0.15) is 0 Å². The molecular formula is C23H27N3O6S. The molecule has 3 rings (SSSR count). The van der Waals surface area contributed by atoms with Gasteiger partial charge in [0.2, 0.25) is 21.1 Å². The number of nitrogens with one attached hydrogen (secondary N) is 1. The summed E-state index contributed by atoms with van der Waals surface area (Å²) >= 11 is 0. The molecule has 0 aromatic heterocycles. The molecule has 33 heavy (non-hydrogen) atoms. The van der Waals surface area contributed by atoms with Crippen LogP contribution in [-0.2, 0) is 19.4 Å². The van der Waals surface area contributed by atoms with E-state index >= 15 is 0 Å². The molecule has 1 saturated heterocycles. The van der Waals surface area contributed by atoms with E-state index in [9.17, 15) is 22.8 Å². The minimum absolute atomic E-state index is 0.0749. The Bertz CT molecular complexity index is 1140. The third kappa shape index (κ3) is 5.33. The van der Waals surface area contributed by atoms with Gasteiger partial charge in [-0.05, 0) is 31.2 Å². The third-order valence-corrected chi connectivity index (χ3v) is 7.40. The van der Waals surface area contributed by atoms with Crippen LogP contribution in [0.2, 0.25) is 0 Å². The maximum atomic E-state index is 13.5. The molecule has 0 saturated carbocycles. The van der Waals surface area contributed by atoms with Crippen molar-refractivity contribution >= 4 is 27.6 Å². The molecule has 10 heteroatoms. The van der Waals surface area contributed by atoms with Crippen LogP contribution in [0.15, 0.2) is 53.4 Å². The monoisotopic (exact) mass is 473 g/mol. The number of para-hydroxylation sites is 1. The fourth-order valence-corrected chi connectivity index (χ4v) is 5.04. The lowest BCUT2D eigenvalue weighted by molar-refractivity contribution is -0.138. The van der Waals surface area contributed by atoms with Crippen LogP contribution in [0.5, 0.6) is 5.75 Å². The van der Waals surface area contributed by atoms with Gasteiger partial charge >= 0.3 is 0 Å². The van der Waals surface area contributed by atoms with E-state index in [-0.39, 0.29) is 35.2 Å². The highest BCUT2D eigenvalue weighted by Crippen LogP contribution is 2.21. The number of hydrogen-bond acceptors (Lipinski definition) is 6. The Kier molecular flexibility index (Phi) is 7.37. The molecule has 0 unspecified atom stereocenters. The summed E-state index contributed by atoms with van der Waals surface area (Å²) in [5, 5.41) is 0.582. The Hall–Kier alpha value is -3.40. The van der Waals surface area contributed by atoms with E-state index in [4.69, 9.17) is 4.74 Å². The fraction of sp³-hybridized carbons (Fsp3) is 0.348. The van der Waals surface area contributed by atoms with Crippen molar-refractivity contribution in [1.82, 2.24) is 15.1 Å². The first-order valence-corrected chi connectivity index (χ1v) is 12.0. The van der Waals surface area contributed by atoms with E-state index in [2.05, 4.69) is 5.32 Å². The fourth-order valence-electron chi connectivity index (χ4n) is 3.57. The first-order valence-electron chi connectivity index (χ1n) is 10.4. The van der Waals surface area contributed by atoms with Crippen LogP contribution in [0.1, 0.15) is 22.8 Å². The summed E-state index contributed by atoms with van der Waals surface area (Å²) in [7, 11) is -2.87. The normalized spacial score (nSPS) is 15.0. The molecule has 0 aliphatic carbocycles. The van der Waals surface area contributed by atoms with Crippen molar-refractivity contribution in [3.63, 3.8) is 0 Å². The Morgan fingerprint density at radius 3 is 2.09 bits per heavy atom. The number of ether oxygens (including phenoxy) is 1. The molecule has 2 aromatic rings. The van der Waals surface area contributed by atoms with Gasteiger partial charge in [0.05, 0.1) is 17.6 Å². The molecule has 0 bridgehead atoms. The van der Waals surface area contributed by atoms with Gasteiger partial charge in [-0.25, -0.2) is 8.42 Å². The summed E-state index contributed by atoms with van der Waals surface area (Å²) in [4.78, 5) is 40.9. The van der Waals surface area contributed by atoms with Crippen molar-refractivity contribution in [2.75, 3.05) is 33.3 Å². The van der Waals surface area contributed by atoms with Gasteiger partial charge in [0.25, 0.3) is 11.8 Å². The molecule has 1 atom stereocenters. The predicted molar refractivity (Wildman–Crippen MR) is 121 cm³/mol. The average Bonchev–Trinajstić information content (AvgIpc) is 2.82. The third-order valence-electron chi connectivity index (χ3n) is 5.53. The van der Waals surface area contributed by atoms with Crippen LogP contribution in [0.4, 0.5) is 0 Å². The molecule has 9 nitrogen and oxygen atoms in total. The number of sulfone groups is 1. The highest BCUT2D eigenvalue weighted by Gasteiger charge is 2.39. The highest BCUT2D eigenvalue weighted by molar-refractivity contribution is 7.92. The zero-order valence-corrected chi connectivity index (χ0v) is 19.6. The van der Waals surface area contributed by atoms with Crippen LogP contribution in [-0.4, -0.2) is 74.6 Å². The standard InChI is InChI=1S/C23H27N3O6S/c1-16-8-10-18(11-9-16)33(30,31)22(23(29)26-14-12-25(13-15-26)17(2)27)24-21(28)19-6-4-5-7-20(19)32-3/h4-11,22H,12-15H2,1-3H3,(H,24,28)/t22-/m0/s1. The number of carbonyl (C=O) groups is 3. The molecule has 1 N–H and O–H groups in total. The van der Waals surface area contributed by atoms with Crippen LogP contribution in [0, 0.1) is 6.92 Å². The molecule has 1 aliphatic rings. The predicted octanol–water partition coefficient (Wildman–Crippen LogP) is 1.22. The number of piperazine rings is 1. The number of hydrogen-bond donors (Lipinski definition) is 1. The van der Waals surface area contributed by atoms with E-state index in [1.807, 2.05) is 6.92 Å². The molecule has 1 fully saturated rings. The average molecular weight is 474 g/mol. The van der Waals surface area contributed by atoms with Gasteiger partial charge < -0.3 is 19.9 Å². The van der Waals surface area contributed by atoms with E-state index in [1.165, 1.54) is 37.1 Å². The van der Waals surface area contributed by atoms with E-state index in [0.29, 0.717) is 13.1 Å². The second-order valence-corrected chi connectivity index (χ2v) is 9.78. The zero-order valence-electron chi connectivity index (χ0n) is 18.8. The van der Waals surface area contributed by atoms with Crippen molar-refractivity contribution in [3.8, 4) is 5.75 Å². The molecule has 0 radical (unpaired) electrons. The smallest absolute Gasteiger partial charge is 0.261 e. The Morgan fingerprint density at radius 2 is 1.52 bits per heavy atom. The lowest BCUT2D eigenvalue weighted by Crippen LogP contribution is -2.57. The van der Waals surface area contributed by atoms with E-state index in [1.54, 1.807) is 35.2 Å². The molecule has 1 aliphatic heterocycles. The van der Waals surface area contributed by atoms with Gasteiger partial charge in [0.15, 0.2) is 0 Å². The van der Waals surface area contributed by atoms with Crippen LogP contribution in [0.3, 0.4) is 0 Å². The van der Waals surface area contributed by atoms with Crippen molar-refractivity contribution in [2.24, 2.45) is 0 Å².